The van der Waals surface area contributed by atoms with Gasteiger partial charge in [0, 0.05) is 37.5 Å². The molecule has 45 heavy (non-hydrogen) atoms. The van der Waals surface area contributed by atoms with Gasteiger partial charge in [0.1, 0.15) is 12.1 Å². The number of rotatable bonds is 15. The summed E-state index contributed by atoms with van der Waals surface area (Å²) in [5, 5.41) is 17.1. The lowest BCUT2D eigenvalue weighted by molar-refractivity contribution is -0.137. The SMILES string of the molecule is CC(=O)NC(CCC(=O)O)C(=O)Nc1c(C(=O)NC(CCCN=C(N)N)C(N)=O)c(C)n(-c2ccccc2)c1-c1ccccn1. The van der Waals surface area contributed by atoms with Crippen molar-refractivity contribution in [2.75, 3.05) is 11.9 Å². The third-order valence-electron chi connectivity index (χ3n) is 6.74. The van der Waals surface area contributed by atoms with E-state index in [0.29, 0.717) is 29.2 Å². The number of carbonyl (C=O) groups excluding carboxylic acids is 4. The Labute approximate surface area is 259 Å². The largest absolute Gasteiger partial charge is 0.481 e. The van der Waals surface area contributed by atoms with Gasteiger partial charge in [0.05, 0.1) is 22.6 Å². The number of amides is 4. The van der Waals surface area contributed by atoms with Gasteiger partial charge in [-0.1, -0.05) is 24.3 Å². The summed E-state index contributed by atoms with van der Waals surface area (Å²) in [6, 6.07) is 11.8. The van der Waals surface area contributed by atoms with Crippen LogP contribution in [0.2, 0.25) is 0 Å². The van der Waals surface area contributed by atoms with Crippen LogP contribution in [0.15, 0.2) is 59.7 Å². The molecule has 4 amide bonds. The van der Waals surface area contributed by atoms with Crippen LogP contribution < -0.4 is 33.2 Å². The molecule has 15 nitrogen and oxygen atoms in total. The van der Waals surface area contributed by atoms with Crippen molar-refractivity contribution in [3.8, 4) is 17.1 Å². The predicted octanol–water partition coefficient (Wildman–Crippen LogP) is 0.793. The van der Waals surface area contributed by atoms with E-state index in [2.05, 4.69) is 25.9 Å². The second-order valence-corrected chi connectivity index (χ2v) is 10.1. The third kappa shape index (κ3) is 9.13. The van der Waals surface area contributed by atoms with Gasteiger partial charge in [-0.15, -0.1) is 0 Å². The van der Waals surface area contributed by atoms with Gasteiger partial charge in [0.2, 0.25) is 17.7 Å². The maximum atomic E-state index is 14.0. The van der Waals surface area contributed by atoms with Crippen molar-refractivity contribution in [1.29, 1.82) is 0 Å². The van der Waals surface area contributed by atoms with E-state index in [4.69, 9.17) is 17.2 Å². The molecule has 3 rings (SSSR count). The van der Waals surface area contributed by atoms with Crippen molar-refractivity contribution >= 4 is 41.2 Å². The molecule has 10 N–H and O–H groups in total. The first-order valence-corrected chi connectivity index (χ1v) is 14.1. The maximum absolute atomic E-state index is 14.0. The summed E-state index contributed by atoms with van der Waals surface area (Å²) >= 11 is 0. The van der Waals surface area contributed by atoms with E-state index in [0.717, 1.165) is 0 Å². The molecule has 1 aromatic carbocycles. The van der Waals surface area contributed by atoms with Crippen LogP contribution in [0, 0.1) is 6.92 Å². The van der Waals surface area contributed by atoms with Crippen LogP contribution in [0.4, 0.5) is 5.69 Å². The molecule has 2 atom stereocenters. The minimum absolute atomic E-state index is 0.00291. The zero-order valence-corrected chi connectivity index (χ0v) is 24.9. The molecule has 0 bridgehead atoms. The Hall–Kier alpha value is -5.73. The highest BCUT2D eigenvalue weighted by Crippen LogP contribution is 2.38. The molecule has 0 aliphatic rings. The summed E-state index contributed by atoms with van der Waals surface area (Å²) in [4.78, 5) is 71.5. The number of primary amides is 1. The molecule has 2 heterocycles. The fraction of sp³-hybridized carbons (Fsp3) is 0.300. The van der Waals surface area contributed by atoms with Crippen LogP contribution in [-0.2, 0) is 19.2 Å². The molecule has 0 saturated heterocycles. The first kappa shape index (κ1) is 33.8. The van der Waals surface area contributed by atoms with Gasteiger partial charge in [0.25, 0.3) is 5.91 Å². The van der Waals surface area contributed by atoms with E-state index in [1.165, 1.54) is 6.92 Å². The van der Waals surface area contributed by atoms with Crippen molar-refractivity contribution < 1.29 is 29.1 Å². The van der Waals surface area contributed by atoms with E-state index in [9.17, 15) is 29.1 Å². The molecule has 0 radical (unpaired) electrons. The number of carbonyl (C=O) groups is 5. The van der Waals surface area contributed by atoms with Crippen molar-refractivity contribution in [1.82, 2.24) is 20.2 Å². The second kappa shape index (κ2) is 15.7. The fourth-order valence-corrected chi connectivity index (χ4v) is 4.75. The highest BCUT2D eigenvalue weighted by atomic mass is 16.4. The number of pyridine rings is 1. The monoisotopic (exact) mass is 619 g/mol. The number of nitrogens with one attached hydrogen (secondary N) is 3. The zero-order valence-electron chi connectivity index (χ0n) is 24.9. The Morgan fingerprint density at radius 1 is 0.956 bits per heavy atom. The standard InChI is InChI=1S/C30H37N9O6/c1-17-24(29(45)37-21(27(31)43)12-8-16-35-30(32)33)25(38-28(44)22(36-18(2)40)13-14-23(41)42)26(20-11-6-7-15-34-20)39(17)19-9-4-3-5-10-19/h3-7,9-11,15,21-22H,8,12-14,16H2,1-2H3,(H2,31,43)(H,36,40)(H,37,45)(H,38,44)(H,41,42)(H4,32,33,35). The van der Waals surface area contributed by atoms with Crippen molar-refractivity contribution in [3.63, 3.8) is 0 Å². The number of aliphatic imine (C=N–C) groups is 1. The van der Waals surface area contributed by atoms with Gasteiger partial charge in [-0.2, -0.15) is 0 Å². The molecular weight excluding hydrogens is 582 g/mol. The number of nitrogens with two attached hydrogens (primary N) is 3. The minimum atomic E-state index is -1.24. The first-order chi connectivity index (χ1) is 21.4. The molecule has 2 aromatic heterocycles. The average Bonchev–Trinajstić information content (AvgIpc) is 3.28. The highest BCUT2D eigenvalue weighted by Gasteiger charge is 2.32. The van der Waals surface area contributed by atoms with Crippen LogP contribution in [0.5, 0.6) is 0 Å². The summed E-state index contributed by atoms with van der Waals surface area (Å²) in [5.74, 6) is -4.09. The number of nitrogens with zero attached hydrogens (tertiary/aromatic N) is 3. The molecule has 238 valence electrons. The number of benzene rings is 1. The Morgan fingerprint density at radius 2 is 1.64 bits per heavy atom. The third-order valence-corrected chi connectivity index (χ3v) is 6.74. The molecule has 0 fully saturated rings. The van der Waals surface area contributed by atoms with Crippen molar-refractivity contribution in [2.24, 2.45) is 22.2 Å². The number of para-hydroxylation sites is 1. The van der Waals surface area contributed by atoms with Gasteiger partial charge < -0.3 is 42.8 Å². The van der Waals surface area contributed by atoms with E-state index >= 15 is 0 Å². The Morgan fingerprint density at radius 3 is 2.22 bits per heavy atom. The van der Waals surface area contributed by atoms with Crippen LogP contribution in [0.3, 0.4) is 0 Å². The van der Waals surface area contributed by atoms with Gasteiger partial charge >= 0.3 is 5.97 Å². The summed E-state index contributed by atoms with van der Waals surface area (Å²) in [6.45, 7) is 3.07. The van der Waals surface area contributed by atoms with E-state index in [-0.39, 0.29) is 36.6 Å². The number of aliphatic carboxylic acids is 1. The molecular formula is C30H37N9O6. The lowest BCUT2D eigenvalue weighted by Gasteiger charge is -2.19. The molecule has 3 aromatic rings. The van der Waals surface area contributed by atoms with Crippen molar-refractivity contribution in [2.45, 2.75) is 51.6 Å². The number of hydrogen-bond acceptors (Lipinski definition) is 7. The van der Waals surface area contributed by atoms with Crippen LogP contribution in [0.25, 0.3) is 17.1 Å². The summed E-state index contributed by atoms with van der Waals surface area (Å²) in [6.07, 6.45) is 1.40. The molecule has 2 unspecified atom stereocenters. The van der Waals surface area contributed by atoms with Gasteiger partial charge in [-0.25, -0.2) is 0 Å². The number of carboxylic acid groups (broad SMARTS) is 1. The van der Waals surface area contributed by atoms with E-state index in [1.807, 2.05) is 6.07 Å². The molecule has 0 aliphatic carbocycles. The first-order valence-electron chi connectivity index (χ1n) is 14.1. The average molecular weight is 620 g/mol. The fourth-order valence-electron chi connectivity index (χ4n) is 4.75. The van der Waals surface area contributed by atoms with Crippen LogP contribution >= 0.6 is 0 Å². The van der Waals surface area contributed by atoms with Gasteiger partial charge in [-0.3, -0.25) is 33.9 Å². The van der Waals surface area contributed by atoms with E-state index in [1.54, 1.807) is 60.2 Å². The molecule has 0 saturated carbocycles. The van der Waals surface area contributed by atoms with Gasteiger partial charge in [0.15, 0.2) is 5.96 Å². The summed E-state index contributed by atoms with van der Waals surface area (Å²) in [5.41, 5.74) is 18.1. The Balaban J connectivity index is 2.19. The lowest BCUT2D eigenvalue weighted by Crippen LogP contribution is -2.45. The van der Waals surface area contributed by atoms with Gasteiger partial charge in [-0.05, 0) is 50.5 Å². The number of carboxylic acids is 1. The normalized spacial score (nSPS) is 12.0. The number of aromatic nitrogens is 2. The quantitative estimate of drug-likeness (QED) is 0.0720. The molecule has 0 spiro atoms. The smallest absolute Gasteiger partial charge is 0.303 e. The zero-order chi connectivity index (χ0) is 33.1. The van der Waals surface area contributed by atoms with Crippen LogP contribution in [0.1, 0.15) is 48.7 Å². The minimum Gasteiger partial charge on any atom is -0.481 e. The second-order valence-electron chi connectivity index (χ2n) is 10.1. The highest BCUT2D eigenvalue weighted by molar-refractivity contribution is 6.11. The topological polar surface area (TPSA) is 250 Å². The Kier molecular flexibility index (Phi) is 11.7. The summed E-state index contributed by atoms with van der Waals surface area (Å²) < 4.78 is 1.73. The van der Waals surface area contributed by atoms with Crippen LogP contribution in [-0.4, -0.2) is 68.8 Å². The van der Waals surface area contributed by atoms with E-state index < -0.39 is 48.1 Å². The molecule has 0 aliphatic heterocycles. The number of anilines is 1. The Bertz CT molecular complexity index is 1570. The number of hydrogen-bond donors (Lipinski definition) is 7. The van der Waals surface area contributed by atoms with Crippen molar-refractivity contribution in [3.05, 3.63) is 66.0 Å². The maximum Gasteiger partial charge on any atom is 0.303 e. The summed E-state index contributed by atoms with van der Waals surface area (Å²) in [7, 11) is 0. The number of guanidine groups is 1. The lowest BCUT2D eigenvalue weighted by atomic mass is 10.1. The predicted molar refractivity (Wildman–Crippen MR) is 167 cm³/mol. The molecule has 15 heteroatoms.